The maximum Gasteiger partial charge on any atom is 0.305 e. The van der Waals surface area contributed by atoms with Crippen molar-refractivity contribution >= 4 is 11.9 Å². The molecule has 0 unspecified atom stereocenters. The first-order valence-electron chi connectivity index (χ1n) is 9.93. The van der Waals surface area contributed by atoms with Crippen LogP contribution in [0.2, 0.25) is 0 Å². The Hall–Kier alpha value is -1.06. The van der Waals surface area contributed by atoms with Crippen molar-refractivity contribution < 1.29 is 19.1 Å². The summed E-state index contributed by atoms with van der Waals surface area (Å²) in [5.41, 5.74) is 0. The van der Waals surface area contributed by atoms with Gasteiger partial charge >= 0.3 is 11.9 Å². The SMILES string of the molecule is CCCCCCCCCC(=O)OCCCCCCCCC(=O)OC. The van der Waals surface area contributed by atoms with Gasteiger partial charge in [-0.3, -0.25) is 9.59 Å². The summed E-state index contributed by atoms with van der Waals surface area (Å²) in [5, 5.41) is 0. The van der Waals surface area contributed by atoms with Crippen molar-refractivity contribution in [3.05, 3.63) is 0 Å². The van der Waals surface area contributed by atoms with Crippen molar-refractivity contribution in [2.45, 2.75) is 103 Å². The number of unbranched alkanes of at least 4 members (excludes halogenated alkanes) is 11. The molecule has 24 heavy (non-hydrogen) atoms. The number of methoxy groups -OCH3 is 1. The molecule has 0 aliphatic heterocycles. The van der Waals surface area contributed by atoms with Crippen LogP contribution in [0.25, 0.3) is 0 Å². The molecule has 0 bridgehead atoms. The Bertz CT molecular complexity index is 302. The summed E-state index contributed by atoms with van der Waals surface area (Å²) in [7, 11) is 1.43. The van der Waals surface area contributed by atoms with Crippen LogP contribution in [0.1, 0.15) is 103 Å². The monoisotopic (exact) mass is 342 g/mol. The summed E-state index contributed by atoms with van der Waals surface area (Å²) in [6.45, 7) is 2.78. The first-order chi connectivity index (χ1) is 11.7. The molecule has 0 aromatic carbocycles. The first-order valence-corrected chi connectivity index (χ1v) is 9.93. The van der Waals surface area contributed by atoms with E-state index in [-0.39, 0.29) is 11.9 Å². The van der Waals surface area contributed by atoms with E-state index in [1.165, 1.54) is 39.2 Å². The van der Waals surface area contributed by atoms with Crippen LogP contribution >= 0.6 is 0 Å². The van der Waals surface area contributed by atoms with Gasteiger partial charge in [0.2, 0.25) is 0 Å². The minimum atomic E-state index is -0.122. The van der Waals surface area contributed by atoms with E-state index in [9.17, 15) is 9.59 Å². The fourth-order valence-corrected chi connectivity index (χ4v) is 2.67. The van der Waals surface area contributed by atoms with Gasteiger partial charge in [0.15, 0.2) is 0 Å². The lowest BCUT2D eigenvalue weighted by Crippen LogP contribution is -2.05. The molecule has 0 aliphatic rings. The predicted molar refractivity (Wildman–Crippen MR) is 97.9 cm³/mol. The van der Waals surface area contributed by atoms with Crippen molar-refractivity contribution in [3.8, 4) is 0 Å². The highest BCUT2D eigenvalue weighted by Gasteiger charge is 2.03. The Kier molecular flexibility index (Phi) is 17.5. The van der Waals surface area contributed by atoms with Crippen LogP contribution in [0.15, 0.2) is 0 Å². The van der Waals surface area contributed by atoms with Crippen molar-refractivity contribution in [2.24, 2.45) is 0 Å². The van der Waals surface area contributed by atoms with E-state index in [4.69, 9.17) is 4.74 Å². The van der Waals surface area contributed by atoms with Gasteiger partial charge in [-0.15, -0.1) is 0 Å². The van der Waals surface area contributed by atoms with E-state index in [2.05, 4.69) is 11.7 Å². The van der Waals surface area contributed by atoms with Gasteiger partial charge in [-0.05, 0) is 19.3 Å². The largest absolute Gasteiger partial charge is 0.469 e. The molecule has 0 aromatic rings. The second-order valence-electron chi connectivity index (χ2n) is 6.54. The lowest BCUT2D eigenvalue weighted by Gasteiger charge is -2.05. The minimum Gasteiger partial charge on any atom is -0.469 e. The van der Waals surface area contributed by atoms with Crippen LogP contribution < -0.4 is 0 Å². The maximum atomic E-state index is 11.6. The lowest BCUT2D eigenvalue weighted by atomic mass is 10.1. The average Bonchev–Trinajstić information content (AvgIpc) is 2.59. The summed E-state index contributed by atoms with van der Waals surface area (Å²) in [6.07, 6.45) is 15.9. The van der Waals surface area contributed by atoms with Gasteiger partial charge in [0, 0.05) is 12.8 Å². The minimum absolute atomic E-state index is 0.0402. The quantitative estimate of drug-likeness (QED) is 0.256. The zero-order valence-electron chi connectivity index (χ0n) is 15.9. The summed E-state index contributed by atoms with van der Waals surface area (Å²) < 4.78 is 9.86. The second kappa shape index (κ2) is 18.3. The molecule has 0 amide bonds. The van der Waals surface area contributed by atoms with Crippen LogP contribution in [0.4, 0.5) is 0 Å². The highest BCUT2D eigenvalue weighted by Crippen LogP contribution is 2.10. The third-order valence-electron chi connectivity index (χ3n) is 4.25. The van der Waals surface area contributed by atoms with Gasteiger partial charge in [0.05, 0.1) is 13.7 Å². The Morgan fingerprint density at radius 1 is 0.625 bits per heavy atom. The zero-order chi connectivity index (χ0) is 17.9. The van der Waals surface area contributed by atoms with E-state index in [0.29, 0.717) is 19.4 Å². The van der Waals surface area contributed by atoms with Gasteiger partial charge in [-0.1, -0.05) is 71.1 Å². The Balaban J connectivity index is 3.19. The first kappa shape index (κ1) is 22.9. The number of ether oxygens (including phenoxy) is 2. The number of hydrogen-bond donors (Lipinski definition) is 0. The van der Waals surface area contributed by atoms with Crippen LogP contribution in [-0.2, 0) is 19.1 Å². The normalized spacial score (nSPS) is 10.6. The predicted octanol–water partition coefficient (Wildman–Crippen LogP) is 5.57. The van der Waals surface area contributed by atoms with Gasteiger partial charge < -0.3 is 9.47 Å². The summed E-state index contributed by atoms with van der Waals surface area (Å²) >= 11 is 0. The molecule has 0 radical (unpaired) electrons. The lowest BCUT2D eigenvalue weighted by molar-refractivity contribution is -0.144. The summed E-state index contributed by atoms with van der Waals surface area (Å²) in [5.74, 6) is -0.162. The van der Waals surface area contributed by atoms with Crippen molar-refractivity contribution in [3.63, 3.8) is 0 Å². The molecular weight excluding hydrogens is 304 g/mol. The van der Waals surface area contributed by atoms with Gasteiger partial charge in [-0.25, -0.2) is 0 Å². The molecule has 0 rings (SSSR count). The summed E-state index contributed by atoms with van der Waals surface area (Å²) in [4.78, 5) is 22.5. The number of hydrogen-bond acceptors (Lipinski definition) is 4. The van der Waals surface area contributed by atoms with Gasteiger partial charge in [0.1, 0.15) is 0 Å². The Labute approximate surface area is 148 Å². The topological polar surface area (TPSA) is 52.6 Å². The number of carbonyl (C=O) groups is 2. The van der Waals surface area contributed by atoms with Crippen molar-refractivity contribution in [2.75, 3.05) is 13.7 Å². The molecule has 0 spiro atoms. The summed E-state index contributed by atoms with van der Waals surface area (Å²) in [6, 6.07) is 0. The highest BCUT2D eigenvalue weighted by molar-refractivity contribution is 5.69. The third-order valence-corrected chi connectivity index (χ3v) is 4.25. The van der Waals surface area contributed by atoms with Gasteiger partial charge in [-0.2, -0.15) is 0 Å². The molecule has 142 valence electrons. The Morgan fingerprint density at radius 2 is 1.08 bits per heavy atom. The maximum absolute atomic E-state index is 11.6. The van der Waals surface area contributed by atoms with E-state index >= 15 is 0 Å². The van der Waals surface area contributed by atoms with Crippen LogP contribution in [-0.4, -0.2) is 25.7 Å². The number of esters is 2. The molecule has 0 fully saturated rings. The fraction of sp³-hybridized carbons (Fsp3) is 0.900. The standard InChI is InChI=1S/C20H38O4/c1-3-4-5-6-7-11-14-17-20(22)24-18-15-12-9-8-10-13-16-19(21)23-2/h3-18H2,1-2H3. The Morgan fingerprint density at radius 3 is 1.62 bits per heavy atom. The highest BCUT2D eigenvalue weighted by atomic mass is 16.5. The van der Waals surface area contributed by atoms with Crippen LogP contribution in [0, 0.1) is 0 Å². The smallest absolute Gasteiger partial charge is 0.305 e. The molecular formula is C20H38O4. The molecule has 0 saturated heterocycles. The molecule has 0 aromatic heterocycles. The molecule has 0 heterocycles. The van der Waals surface area contributed by atoms with Crippen molar-refractivity contribution in [1.82, 2.24) is 0 Å². The molecule has 0 saturated carbocycles. The molecule has 0 aliphatic carbocycles. The average molecular weight is 343 g/mol. The van der Waals surface area contributed by atoms with E-state index in [1.807, 2.05) is 0 Å². The zero-order valence-corrected chi connectivity index (χ0v) is 15.9. The van der Waals surface area contributed by atoms with E-state index < -0.39 is 0 Å². The van der Waals surface area contributed by atoms with E-state index in [1.54, 1.807) is 0 Å². The molecule has 4 nitrogen and oxygen atoms in total. The second-order valence-corrected chi connectivity index (χ2v) is 6.54. The van der Waals surface area contributed by atoms with Gasteiger partial charge in [0.25, 0.3) is 0 Å². The van der Waals surface area contributed by atoms with E-state index in [0.717, 1.165) is 51.4 Å². The molecule has 0 N–H and O–H groups in total. The molecule has 4 heteroatoms. The molecule has 0 atom stereocenters. The van der Waals surface area contributed by atoms with Crippen molar-refractivity contribution in [1.29, 1.82) is 0 Å². The van der Waals surface area contributed by atoms with Crippen LogP contribution in [0.3, 0.4) is 0 Å². The third kappa shape index (κ3) is 17.3. The number of rotatable bonds is 17. The van der Waals surface area contributed by atoms with Crippen LogP contribution in [0.5, 0.6) is 0 Å². The fourth-order valence-electron chi connectivity index (χ4n) is 2.67. The number of carbonyl (C=O) groups excluding carboxylic acids is 2.